The highest BCUT2D eigenvalue weighted by Gasteiger charge is 2.42. The molecule has 7 nitrogen and oxygen atoms in total. The molecule has 0 bridgehead atoms. The van der Waals surface area contributed by atoms with Crippen LogP contribution >= 0.6 is 0 Å². The Kier molecular flexibility index (Phi) is 3.59. The Morgan fingerprint density at radius 3 is 2.68 bits per heavy atom. The zero-order valence-electron chi connectivity index (χ0n) is 14.3. The van der Waals surface area contributed by atoms with Crippen molar-refractivity contribution in [2.75, 3.05) is 13.1 Å². The quantitative estimate of drug-likeness (QED) is 0.768. The fraction of sp³-hybridized carbons (Fsp3) is 0.444. The van der Waals surface area contributed by atoms with Gasteiger partial charge in [-0.05, 0) is 25.8 Å². The van der Waals surface area contributed by atoms with E-state index >= 15 is 0 Å². The fourth-order valence-electron chi connectivity index (χ4n) is 3.93. The maximum absolute atomic E-state index is 13.2. The van der Waals surface area contributed by atoms with Gasteiger partial charge in [-0.25, -0.2) is 4.68 Å². The number of aromatic nitrogens is 2. The third-order valence-corrected chi connectivity index (χ3v) is 5.31. The lowest BCUT2D eigenvalue weighted by Crippen LogP contribution is -2.60. The van der Waals surface area contributed by atoms with E-state index in [9.17, 15) is 14.4 Å². The molecule has 3 heterocycles. The standard InChI is InChI=1S/C18H20N4O3/c1-11-16(23)21-9-5-6-12(21)10-22(11)18(25)15-13-7-3-4-8-14(13)17(24)20(2)19-15/h3-4,7-8,11-12H,5-6,9-10H2,1-2H3/t11-,12-/m1/s1. The second-order valence-corrected chi connectivity index (χ2v) is 6.78. The molecule has 0 spiro atoms. The van der Waals surface area contributed by atoms with Gasteiger partial charge >= 0.3 is 0 Å². The first-order valence-corrected chi connectivity index (χ1v) is 8.56. The first-order chi connectivity index (χ1) is 12.0. The van der Waals surface area contributed by atoms with Crippen molar-refractivity contribution < 1.29 is 9.59 Å². The Morgan fingerprint density at radius 1 is 1.20 bits per heavy atom. The average molecular weight is 340 g/mol. The molecule has 2 atom stereocenters. The van der Waals surface area contributed by atoms with Crippen LogP contribution in [0, 0.1) is 0 Å². The molecule has 130 valence electrons. The molecule has 7 heteroatoms. The number of carbonyl (C=O) groups excluding carboxylic acids is 2. The fourth-order valence-corrected chi connectivity index (χ4v) is 3.93. The van der Waals surface area contributed by atoms with E-state index in [1.54, 1.807) is 36.1 Å². The van der Waals surface area contributed by atoms with Crippen molar-refractivity contribution >= 4 is 22.6 Å². The summed E-state index contributed by atoms with van der Waals surface area (Å²) in [5, 5.41) is 5.20. The Bertz CT molecular complexity index is 936. The molecule has 0 unspecified atom stereocenters. The molecule has 2 aliphatic rings. The van der Waals surface area contributed by atoms with Crippen molar-refractivity contribution in [1.82, 2.24) is 19.6 Å². The summed E-state index contributed by atoms with van der Waals surface area (Å²) in [7, 11) is 1.54. The smallest absolute Gasteiger partial charge is 0.275 e. The highest BCUT2D eigenvalue weighted by atomic mass is 16.2. The molecule has 1 aromatic carbocycles. The van der Waals surface area contributed by atoms with Crippen molar-refractivity contribution in [3.05, 3.63) is 40.3 Å². The lowest BCUT2D eigenvalue weighted by Gasteiger charge is -2.41. The highest BCUT2D eigenvalue weighted by Crippen LogP contribution is 2.27. The number of nitrogens with zero attached hydrogens (tertiary/aromatic N) is 4. The molecule has 2 aromatic rings. The van der Waals surface area contributed by atoms with E-state index in [-0.39, 0.29) is 29.1 Å². The molecule has 2 saturated heterocycles. The minimum atomic E-state index is -0.514. The van der Waals surface area contributed by atoms with Crippen LogP contribution in [0.1, 0.15) is 30.3 Å². The van der Waals surface area contributed by atoms with Gasteiger partial charge in [0.15, 0.2) is 5.69 Å². The molecule has 1 aromatic heterocycles. The predicted octanol–water partition coefficient (Wildman–Crippen LogP) is 0.769. The van der Waals surface area contributed by atoms with Gasteiger partial charge in [-0.2, -0.15) is 5.10 Å². The molecule has 0 N–H and O–H groups in total. The summed E-state index contributed by atoms with van der Waals surface area (Å²) in [5.41, 5.74) is -0.0133. The zero-order chi connectivity index (χ0) is 17.7. The van der Waals surface area contributed by atoms with E-state index in [1.807, 2.05) is 4.90 Å². The zero-order valence-corrected chi connectivity index (χ0v) is 14.3. The Labute approximate surface area is 144 Å². The minimum Gasteiger partial charge on any atom is -0.336 e. The molecule has 4 rings (SSSR count). The summed E-state index contributed by atoms with van der Waals surface area (Å²) in [5.74, 6) is -0.296. The predicted molar refractivity (Wildman–Crippen MR) is 92.2 cm³/mol. The molecular formula is C18H20N4O3. The van der Waals surface area contributed by atoms with Gasteiger partial charge in [0, 0.05) is 31.6 Å². The lowest BCUT2D eigenvalue weighted by molar-refractivity contribution is -0.141. The van der Waals surface area contributed by atoms with Crippen LogP contribution in [0.5, 0.6) is 0 Å². The van der Waals surface area contributed by atoms with E-state index in [0.717, 1.165) is 19.4 Å². The number of hydrogen-bond acceptors (Lipinski definition) is 4. The van der Waals surface area contributed by atoms with Crippen LogP contribution in [0.4, 0.5) is 0 Å². The second kappa shape index (κ2) is 5.68. The number of piperazine rings is 1. The monoisotopic (exact) mass is 340 g/mol. The number of rotatable bonds is 1. The van der Waals surface area contributed by atoms with E-state index in [4.69, 9.17) is 0 Å². The van der Waals surface area contributed by atoms with Crippen LogP contribution in [0.3, 0.4) is 0 Å². The van der Waals surface area contributed by atoms with E-state index in [1.165, 1.54) is 11.7 Å². The summed E-state index contributed by atoms with van der Waals surface area (Å²) >= 11 is 0. The molecule has 25 heavy (non-hydrogen) atoms. The van der Waals surface area contributed by atoms with Crippen molar-refractivity contribution in [3.63, 3.8) is 0 Å². The number of amides is 2. The molecular weight excluding hydrogens is 320 g/mol. The van der Waals surface area contributed by atoms with E-state index in [2.05, 4.69) is 5.10 Å². The van der Waals surface area contributed by atoms with Crippen LogP contribution in [-0.4, -0.2) is 56.6 Å². The van der Waals surface area contributed by atoms with E-state index in [0.29, 0.717) is 17.3 Å². The van der Waals surface area contributed by atoms with Crippen molar-refractivity contribution in [3.8, 4) is 0 Å². The summed E-state index contributed by atoms with van der Waals surface area (Å²) < 4.78 is 1.19. The SMILES string of the molecule is C[C@@H]1C(=O)N2CCC[C@@H]2CN1C(=O)c1nn(C)c(=O)c2ccccc12. The molecule has 2 aliphatic heterocycles. The summed E-state index contributed by atoms with van der Waals surface area (Å²) in [6.07, 6.45) is 1.90. The van der Waals surface area contributed by atoms with Gasteiger partial charge in [0.1, 0.15) is 6.04 Å². The van der Waals surface area contributed by atoms with Gasteiger partial charge in [0.25, 0.3) is 11.5 Å². The number of fused-ring (bicyclic) bond motifs is 2. The third kappa shape index (κ3) is 2.33. The molecule has 2 amide bonds. The Balaban J connectivity index is 1.79. The van der Waals surface area contributed by atoms with Crippen LogP contribution in [0.2, 0.25) is 0 Å². The molecule has 2 fully saturated rings. The highest BCUT2D eigenvalue weighted by molar-refractivity contribution is 6.06. The van der Waals surface area contributed by atoms with Gasteiger partial charge in [0.05, 0.1) is 5.39 Å². The van der Waals surface area contributed by atoms with Crippen molar-refractivity contribution in [2.45, 2.75) is 31.8 Å². The summed E-state index contributed by atoms with van der Waals surface area (Å²) in [4.78, 5) is 41.5. The largest absolute Gasteiger partial charge is 0.336 e. The first-order valence-electron chi connectivity index (χ1n) is 8.56. The lowest BCUT2D eigenvalue weighted by atomic mass is 10.0. The number of aryl methyl sites for hydroxylation is 1. The minimum absolute atomic E-state index is 0.00349. The molecule has 0 saturated carbocycles. The number of hydrogen-bond donors (Lipinski definition) is 0. The van der Waals surface area contributed by atoms with Crippen molar-refractivity contribution in [2.24, 2.45) is 7.05 Å². The van der Waals surface area contributed by atoms with Gasteiger partial charge in [-0.15, -0.1) is 0 Å². The maximum atomic E-state index is 13.2. The van der Waals surface area contributed by atoms with Crippen LogP contribution in [-0.2, 0) is 11.8 Å². The van der Waals surface area contributed by atoms with Crippen LogP contribution < -0.4 is 5.56 Å². The van der Waals surface area contributed by atoms with Gasteiger partial charge in [-0.1, -0.05) is 18.2 Å². The average Bonchev–Trinajstić information content (AvgIpc) is 3.09. The normalized spacial score (nSPS) is 23.2. The van der Waals surface area contributed by atoms with Crippen LogP contribution in [0.25, 0.3) is 10.8 Å². The van der Waals surface area contributed by atoms with E-state index < -0.39 is 6.04 Å². The van der Waals surface area contributed by atoms with Crippen molar-refractivity contribution in [1.29, 1.82) is 0 Å². The van der Waals surface area contributed by atoms with Gasteiger partial charge < -0.3 is 9.80 Å². The topological polar surface area (TPSA) is 75.5 Å². The Hall–Kier alpha value is -2.70. The van der Waals surface area contributed by atoms with Gasteiger partial charge in [-0.3, -0.25) is 14.4 Å². The summed E-state index contributed by atoms with van der Waals surface area (Å²) in [6.45, 7) is 3.06. The second-order valence-electron chi connectivity index (χ2n) is 6.78. The molecule has 0 radical (unpaired) electrons. The number of carbonyl (C=O) groups is 2. The van der Waals surface area contributed by atoms with Crippen LogP contribution in [0.15, 0.2) is 29.1 Å². The summed E-state index contributed by atoms with van der Waals surface area (Å²) in [6, 6.07) is 6.55. The first kappa shape index (κ1) is 15.8. The molecule has 0 aliphatic carbocycles. The third-order valence-electron chi connectivity index (χ3n) is 5.31. The van der Waals surface area contributed by atoms with Gasteiger partial charge in [0.2, 0.25) is 5.91 Å². The maximum Gasteiger partial charge on any atom is 0.275 e. The Morgan fingerprint density at radius 2 is 1.92 bits per heavy atom. The number of benzene rings is 1.